The van der Waals surface area contributed by atoms with E-state index >= 15 is 0 Å². The molecule has 6 aromatic carbocycles. The van der Waals surface area contributed by atoms with Gasteiger partial charge in [-0.25, -0.2) is 0 Å². The fourth-order valence-corrected chi connectivity index (χ4v) is 7.64. The Balaban J connectivity index is 1.16. The molecule has 1 atom stereocenters. The molecular formula is C40H27N3S. The van der Waals surface area contributed by atoms with Crippen molar-refractivity contribution < 1.29 is 0 Å². The maximum atomic E-state index is 5.17. The lowest BCUT2D eigenvalue weighted by Crippen LogP contribution is -2.24. The first-order chi connectivity index (χ1) is 21.8. The van der Waals surface area contributed by atoms with E-state index in [1.807, 2.05) is 17.4 Å². The second kappa shape index (κ2) is 10.1. The number of aliphatic imine (C=N–C) groups is 1. The molecule has 1 aliphatic rings. The Bertz CT molecular complexity index is 2400. The average molecular weight is 582 g/mol. The first kappa shape index (κ1) is 25.1. The van der Waals surface area contributed by atoms with Crippen molar-refractivity contribution in [1.29, 1.82) is 0 Å². The van der Waals surface area contributed by atoms with Gasteiger partial charge < -0.3 is 9.88 Å². The molecule has 0 radical (unpaired) electrons. The van der Waals surface area contributed by atoms with Gasteiger partial charge in [0, 0.05) is 42.3 Å². The van der Waals surface area contributed by atoms with Crippen molar-refractivity contribution in [2.75, 3.05) is 0 Å². The summed E-state index contributed by atoms with van der Waals surface area (Å²) in [4.78, 5) is 5.17. The summed E-state index contributed by atoms with van der Waals surface area (Å²) < 4.78 is 5.05. The number of aromatic nitrogens is 1. The minimum Gasteiger partial charge on any atom is -0.360 e. The number of nitrogens with one attached hydrogen (secondary N) is 1. The van der Waals surface area contributed by atoms with Crippen LogP contribution < -0.4 is 5.32 Å². The molecule has 0 saturated carbocycles. The van der Waals surface area contributed by atoms with Crippen LogP contribution in [-0.2, 0) is 0 Å². The van der Waals surface area contributed by atoms with Crippen LogP contribution in [0.3, 0.4) is 0 Å². The van der Waals surface area contributed by atoms with E-state index in [0.29, 0.717) is 0 Å². The van der Waals surface area contributed by atoms with Crippen molar-refractivity contribution >= 4 is 64.7 Å². The van der Waals surface area contributed by atoms with Crippen LogP contribution in [0.25, 0.3) is 53.4 Å². The molecule has 208 valence electrons. The second-order valence-electron chi connectivity index (χ2n) is 11.3. The van der Waals surface area contributed by atoms with E-state index in [2.05, 4.69) is 155 Å². The summed E-state index contributed by atoms with van der Waals surface area (Å²) in [5, 5.41) is 8.91. The molecule has 4 heteroatoms. The van der Waals surface area contributed by atoms with Crippen LogP contribution in [0.4, 0.5) is 0 Å². The number of para-hydroxylation sites is 1. The lowest BCUT2D eigenvalue weighted by Gasteiger charge is -2.25. The topological polar surface area (TPSA) is 29.3 Å². The van der Waals surface area contributed by atoms with Gasteiger partial charge in [0.15, 0.2) is 0 Å². The minimum absolute atomic E-state index is 0.198. The molecule has 0 spiro atoms. The Morgan fingerprint density at radius 1 is 0.545 bits per heavy atom. The van der Waals surface area contributed by atoms with Gasteiger partial charge in [0.05, 0.1) is 16.7 Å². The van der Waals surface area contributed by atoms with E-state index in [-0.39, 0.29) is 6.17 Å². The number of hydrogen-bond donors (Lipinski definition) is 1. The highest BCUT2D eigenvalue weighted by Gasteiger charge is 2.20. The van der Waals surface area contributed by atoms with Crippen LogP contribution in [0, 0.1) is 0 Å². The molecule has 1 N–H and O–H groups in total. The van der Waals surface area contributed by atoms with Crippen molar-refractivity contribution in [3.8, 4) is 5.69 Å². The smallest absolute Gasteiger partial charge is 0.145 e. The molecule has 3 heterocycles. The number of thiophene rings is 1. The summed E-state index contributed by atoms with van der Waals surface area (Å²) in [6.07, 6.45) is 1.96. The Hall–Kier alpha value is -5.45. The van der Waals surface area contributed by atoms with Crippen molar-refractivity contribution in [3.05, 3.63) is 168 Å². The fourth-order valence-electron chi connectivity index (χ4n) is 6.51. The van der Waals surface area contributed by atoms with Gasteiger partial charge in [0.2, 0.25) is 0 Å². The van der Waals surface area contributed by atoms with Gasteiger partial charge in [-0.15, -0.1) is 11.3 Å². The third-order valence-corrected chi connectivity index (χ3v) is 9.77. The summed E-state index contributed by atoms with van der Waals surface area (Å²) >= 11 is 1.87. The zero-order chi connectivity index (χ0) is 29.0. The van der Waals surface area contributed by atoms with Gasteiger partial charge in [-0.3, -0.25) is 4.99 Å². The molecule has 1 aliphatic heterocycles. The predicted octanol–water partition coefficient (Wildman–Crippen LogP) is 10.3. The maximum Gasteiger partial charge on any atom is 0.145 e. The van der Waals surface area contributed by atoms with Gasteiger partial charge >= 0.3 is 0 Å². The molecule has 1 unspecified atom stereocenters. The van der Waals surface area contributed by atoms with Crippen molar-refractivity contribution in [1.82, 2.24) is 9.88 Å². The van der Waals surface area contributed by atoms with Crippen LogP contribution in [0.1, 0.15) is 22.9 Å². The fraction of sp³-hybridized carbons (Fsp3) is 0.0250. The van der Waals surface area contributed by atoms with Crippen LogP contribution in [-0.4, -0.2) is 10.3 Å². The van der Waals surface area contributed by atoms with Crippen LogP contribution in [0.15, 0.2) is 157 Å². The standard InChI is InChI=1S/C40H27N3S/c1-3-11-26(12-4-1)34-24-35(27-13-5-2-6-14-27)42-40(41-34)28-19-21-29(22-20-28)43-36-17-9-7-15-30(36)32-23-33-31-16-8-10-18-38(31)44-39(33)25-37(32)43/h1-25,40-41H. The van der Waals surface area contributed by atoms with Crippen molar-refractivity contribution in [3.63, 3.8) is 0 Å². The first-order valence-corrected chi connectivity index (χ1v) is 15.7. The van der Waals surface area contributed by atoms with Crippen molar-refractivity contribution in [2.45, 2.75) is 6.17 Å². The summed E-state index contributed by atoms with van der Waals surface area (Å²) in [5.74, 6) is 0. The Morgan fingerprint density at radius 2 is 1.23 bits per heavy atom. The van der Waals surface area contributed by atoms with E-state index in [1.165, 1.54) is 42.0 Å². The van der Waals surface area contributed by atoms with E-state index in [9.17, 15) is 0 Å². The monoisotopic (exact) mass is 581 g/mol. The zero-order valence-corrected chi connectivity index (χ0v) is 24.6. The van der Waals surface area contributed by atoms with E-state index in [0.717, 1.165) is 33.8 Å². The number of nitrogens with zero attached hydrogens (tertiary/aromatic N) is 2. The highest BCUT2D eigenvalue weighted by atomic mass is 32.1. The number of benzene rings is 6. The maximum absolute atomic E-state index is 5.17. The van der Waals surface area contributed by atoms with Crippen LogP contribution >= 0.6 is 11.3 Å². The number of fused-ring (bicyclic) bond motifs is 6. The molecule has 0 amide bonds. The first-order valence-electron chi connectivity index (χ1n) is 14.9. The molecular weight excluding hydrogens is 555 g/mol. The van der Waals surface area contributed by atoms with Gasteiger partial charge in [-0.05, 0) is 59.2 Å². The molecule has 0 bridgehead atoms. The molecule has 0 saturated heterocycles. The highest BCUT2D eigenvalue weighted by Crippen LogP contribution is 2.40. The average Bonchev–Trinajstić information content (AvgIpc) is 3.62. The van der Waals surface area contributed by atoms with Crippen molar-refractivity contribution in [2.24, 2.45) is 4.99 Å². The predicted molar refractivity (Wildman–Crippen MR) is 187 cm³/mol. The second-order valence-corrected chi connectivity index (χ2v) is 12.3. The molecule has 9 rings (SSSR count). The van der Waals surface area contributed by atoms with Gasteiger partial charge in [-0.1, -0.05) is 109 Å². The highest BCUT2D eigenvalue weighted by molar-refractivity contribution is 7.25. The molecule has 0 fully saturated rings. The lowest BCUT2D eigenvalue weighted by atomic mass is 10.0. The third kappa shape index (κ3) is 4.07. The van der Waals surface area contributed by atoms with Crippen LogP contribution in [0.2, 0.25) is 0 Å². The van der Waals surface area contributed by atoms with Gasteiger partial charge in [0.1, 0.15) is 6.17 Å². The number of allylic oxidation sites excluding steroid dienone is 1. The molecule has 3 nitrogen and oxygen atoms in total. The largest absolute Gasteiger partial charge is 0.360 e. The van der Waals surface area contributed by atoms with E-state index < -0.39 is 0 Å². The normalized spacial score (nSPS) is 15.0. The summed E-state index contributed by atoms with van der Waals surface area (Å²) in [7, 11) is 0. The quantitative estimate of drug-likeness (QED) is 0.220. The van der Waals surface area contributed by atoms with Gasteiger partial charge in [-0.2, -0.15) is 0 Å². The summed E-state index contributed by atoms with van der Waals surface area (Å²) in [5.41, 5.74) is 9.02. The zero-order valence-electron chi connectivity index (χ0n) is 23.8. The number of hydrogen-bond acceptors (Lipinski definition) is 3. The van der Waals surface area contributed by atoms with E-state index in [4.69, 9.17) is 4.99 Å². The lowest BCUT2D eigenvalue weighted by molar-refractivity contribution is 0.664. The van der Waals surface area contributed by atoms with Crippen LogP contribution in [0.5, 0.6) is 0 Å². The Kier molecular flexibility index (Phi) is 5.75. The molecule has 2 aromatic heterocycles. The van der Waals surface area contributed by atoms with E-state index in [1.54, 1.807) is 0 Å². The SMILES string of the molecule is C1=C(c2ccccc2)NC(c2ccc(-n3c4ccccc4c4cc5c(cc43)sc3ccccc35)cc2)N=C1c1ccccc1. The molecule has 8 aromatic rings. The molecule has 44 heavy (non-hydrogen) atoms. The third-order valence-electron chi connectivity index (χ3n) is 8.63. The Labute approximate surface area is 259 Å². The summed E-state index contributed by atoms with van der Waals surface area (Å²) in [6.45, 7) is 0. The summed E-state index contributed by atoms with van der Waals surface area (Å²) in [6, 6.07) is 52.0. The number of rotatable bonds is 4. The Morgan fingerprint density at radius 3 is 2.02 bits per heavy atom. The molecule has 0 aliphatic carbocycles. The van der Waals surface area contributed by atoms with Gasteiger partial charge in [0.25, 0.3) is 0 Å². The minimum atomic E-state index is -0.198.